The summed E-state index contributed by atoms with van der Waals surface area (Å²) in [5.41, 5.74) is 4.41. The van der Waals surface area contributed by atoms with Gasteiger partial charge in [-0.3, -0.25) is 9.69 Å². The van der Waals surface area contributed by atoms with Crippen LogP contribution in [0.5, 0.6) is 0 Å². The summed E-state index contributed by atoms with van der Waals surface area (Å²) in [5, 5.41) is 4.07. The van der Waals surface area contributed by atoms with Crippen LogP contribution in [-0.4, -0.2) is 47.0 Å². The van der Waals surface area contributed by atoms with Crippen LogP contribution in [0.2, 0.25) is 0 Å². The van der Waals surface area contributed by atoms with E-state index in [4.69, 9.17) is 4.52 Å². The summed E-state index contributed by atoms with van der Waals surface area (Å²) in [6.07, 6.45) is 4.24. The molecule has 0 aliphatic carbocycles. The second kappa shape index (κ2) is 7.70. The smallest absolute Gasteiger partial charge is 0.259 e. The van der Waals surface area contributed by atoms with Crippen LogP contribution in [0.3, 0.4) is 0 Å². The number of aromatic nitrogens is 1. The standard InChI is InChI=1S/C23H31N3O2/c1-4-20-21(18(3)28-24-20)22(27)26-12-10-23(16-26)9-6-11-25(15-23)14-19-8-5-7-17(2)13-19/h5,7-8,13H,4,6,9-12,14-16H2,1-3H3/t23-/m0/s1. The van der Waals surface area contributed by atoms with E-state index in [1.54, 1.807) is 0 Å². The number of amides is 1. The van der Waals surface area contributed by atoms with E-state index in [1.807, 2.05) is 18.7 Å². The molecule has 0 unspecified atom stereocenters. The molecule has 1 atom stereocenters. The van der Waals surface area contributed by atoms with Gasteiger partial charge in [-0.05, 0) is 51.6 Å². The molecular formula is C23H31N3O2. The van der Waals surface area contributed by atoms with Crippen LogP contribution in [0.4, 0.5) is 0 Å². The number of aryl methyl sites for hydroxylation is 3. The molecule has 0 bridgehead atoms. The monoisotopic (exact) mass is 381 g/mol. The third-order valence-corrected chi connectivity index (χ3v) is 6.44. The van der Waals surface area contributed by atoms with Gasteiger partial charge >= 0.3 is 0 Å². The van der Waals surface area contributed by atoms with Gasteiger partial charge < -0.3 is 9.42 Å². The lowest BCUT2D eigenvalue weighted by Crippen LogP contribution is -2.45. The number of likely N-dealkylation sites (tertiary alicyclic amines) is 2. The van der Waals surface area contributed by atoms with E-state index in [0.29, 0.717) is 11.3 Å². The molecule has 2 saturated heterocycles. The molecule has 2 aromatic rings. The molecule has 2 aliphatic rings. The molecule has 0 N–H and O–H groups in total. The van der Waals surface area contributed by atoms with E-state index in [-0.39, 0.29) is 11.3 Å². The fourth-order valence-electron chi connectivity index (χ4n) is 5.05. The molecule has 2 fully saturated rings. The Morgan fingerprint density at radius 3 is 2.86 bits per heavy atom. The number of carbonyl (C=O) groups excluding carboxylic acids is 1. The Balaban J connectivity index is 1.44. The highest BCUT2D eigenvalue weighted by Gasteiger charge is 2.43. The number of hydrogen-bond acceptors (Lipinski definition) is 4. The van der Waals surface area contributed by atoms with Crippen LogP contribution in [0.1, 0.15) is 59.1 Å². The second-order valence-corrected chi connectivity index (χ2v) is 8.69. The van der Waals surface area contributed by atoms with Gasteiger partial charge in [-0.15, -0.1) is 0 Å². The molecule has 2 aliphatic heterocycles. The number of rotatable bonds is 4. The minimum absolute atomic E-state index is 0.100. The third-order valence-electron chi connectivity index (χ3n) is 6.44. The van der Waals surface area contributed by atoms with Gasteiger partial charge in [-0.25, -0.2) is 0 Å². The normalized spacial score (nSPS) is 22.9. The first-order valence-corrected chi connectivity index (χ1v) is 10.5. The van der Waals surface area contributed by atoms with Gasteiger partial charge in [0.05, 0.1) is 5.69 Å². The molecule has 28 heavy (non-hydrogen) atoms. The topological polar surface area (TPSA) is 49.6 Å². The maximum atomic E-state index is 13.2. The fourth-order valence-corrected chi connectivity index (χ4v) is 5.05. The highest BCUT2D eigenvalue weighted by atomic mass is 16.5. The second-order valence-electron chi connectivity index (χ2n) is 8.69. The van der Waals surface area contributed by atoms with Crippen molar-refractivity contribution in [2.75, 3.05) is 26.2 Å². The van der Waals surface area contributed by atoms with Crippen molar-refractivity contribution in [3.05, 3.63) is 52.4 Å². The van der Waals surface area contributed by atoms with Crippen molar-refractivity contribution in [3.8, 4) is 0 Å². The molecule has 5 heteroatoms. The van der Waals surface area contributed by atoms with Gasteiger partial charge in [0.2, 0.25) is 0 Å². The molecule has 0 radical (unpaired) electrons. The van der Waals surface area contributed by atoms with Crippen molar-refractivity contribution in [1.82, 2.24) is 15.0 Å². The Morgan fingerprint density at radius 1 is 1.21 bits per heavy atom. The lowest BCUT2D eigenvalue weighted by Gasteiger charge is -2.40. The minimum Gasteiger partial charge on any atom is -0.361 e. The molecule has 3 heterocycles. The van der Waals surface area contributed by atoms with Crippen molar-refractivity contribution in [1.29, 1.82) is 0 Å². The van der Waals surface area contributed by atoms with Crippen molar-refractivity contribution >= 4 is 5.91 Å². The predicted octanol–water partition coefficient (Wildman–Crippen LogP) is 3.98. The number of benzene rings is 1. The average molecular weight is 382 g/mol. The maximum absolute atomic E-state index is 13.2. The van der Waals surface area contributed by atoms with Gasteiger partial charge in [0, 0.05) is 31.6 Å². The van der Waals surface area contributed by atoms with Gasteiger partial charge in [0.1, 0.15) is 11.3 Å². The van der Waals surface area contributed by atoms with Crippen LogP contribution in [0.15, 0.2) is 28.8 Å². The zero-order valence-corrected chi connectivity index (χ0v) is 17.3. The first-order chi connectivity index (χ1) is 13.5. The quantitative estimate of drug-likeness (QED) is 0.804. The molecule has 4 rings (SSSR count). The SMILES string of the molecule is CCc1noc(C)c1C(=O)N1CC[C@]2(CCCN(Cc3cccc(C)c3)C2)C1. The largest absolute Gasteiger partial charge is 0.361 e. The molecule has 1 aromatic carbocycles. The van der Waals surface area contributed by atoms with Crippen molar-refractivity contribution in [3.63, 3.8) is 0 Å². The van der Waals surface area contributed by atoms with Gasteiger partial charge in [-0.2, -0.15) is 0 Å². The van der Waals surface area contributed by atoms with Gasteiger partial charge in [0.25, 0.3) is 5.91 Å². The summed E-state index contributed by atoms with van der Waals surface area (Å²) in [6.45, 7) is 10.9. The minimum atomic E-state index is 0.100. The third kappa shape index (κ3) is 3.72. The predicted molar refractivity (Wildman–Crippen MR) is 109 cm³/mol. The number of hydrogen-bond donors (Lipinski definition) is 0. The maximum Gasteiger partial charge on any atom is 0.259 e. The number of carbonyl (C=O) groups is 1. The number of piperidine rings is 1. The van der Waals surface area contributed by atoms with E-state index in [1.165, 1.54) is 24.0 Å². The molecule has 0 saturated carbocycles. The van der Waals surface area contributed by atoms with Crippen LogP contribution in [0.25, 0.3) is 0 Å². The Morgan fingerprint density at radius 2 is 2.07 bits per heavy atom. The summed E-state index contributed by atoms with van der Waals surface area (Å²) < 4.78 is 5.29. The van der Waals surface area contributed by atoms with Gasteiger partial charge in [0.15, 0.2) is 0 Å². The highest BCUT2D eigenvalue weighted by molar-refractivity contribution is 5.96. The molecule has 5 nitrogen and oxygen atoms in total. The summed E-state index contributed by atoms with van der Waals surface area (Å²) >= 11 is 0. The fraction of sp³-hybridized carbons (Fsp3) is 0.565. The van der Waals surface area contributed by atoms with Crippen LogP contribution in [0, 0.1) is 19.3 Å². The van der Waals surface area contributed by atoms with E-state index in [2.05, 4.69) is 41.2 Å². The number of nitrogens with zero attached hydrogens (tertiary/aromatic N) is 3. The first-order valence-electron chi connectivity index (χ1n) is 10.5. The van der Waals surface area contributed by atoms with E-state index < -0.39 is 0 Å². The average Bonchev–Trinajstić information content (AvgIpc) is 3.25. The van der Waals surface area contributed by atoms with Crippen LogP contribution >= 0.6 is 0 Å². The molecular weight excluding hydrogens is 350 g/mol. The lowest BCUT2D eigenvalue weighted by atomic mass is 9.79. The van der Waals surface area contributed by atoms with Crippen molar-refractivity contribution in [2.45, 2.75) is 53.0 Å². The zero-order chi connectivity index (χ0) is 19.7. The van der Waals surface area contributed by atoms with Crippen LogP contribution in [-0.2, 0) is 13.0 Å². The zero-order valence-electron chi connectivity index (χ0n) is 17.3. The van der Waals surface area contributed by atoms with Gasteiger partial charge in [-0.1, -0.05) is 41.9 Å². The van der Waals surface area contributed by atoms with Crippen molar-refractivity contribution in [2.24, 2.45) is 5.41 Å². The molecule has 150 valence electrons. The Hall–Kier alpha value is -2.14. The van der Waals surface area contributed by atoms with E-state index in [9.17, 15) is 4.79 Å². The summed E-state index contributed by atoms with van der Waals surface area (Å²) in [5.74, 6) is 0.746. The Bertz CT molecular complexity index is 859. The molecule has 1 spiro atoms. The summed E-state index contributed by atoms with van der Waals surface area (Å²) in [4.78, 5) is 17.8. The summed E-state index contributed by atoms with van der Waals surface area (Å²) in [6, 6.07) is 8.80. The first kappa shape index (κ1) is 19.2. The summed E-state index contributed by atoms with van der Waals surface area (Å²) in [7, 11) is 0. The van der Waals surface area contributed by atoms with Crippen LogP contribution < -0.4 is 0 Å². The lowest BCUT2D eigenvalue weighted by molar-refractivity contribution is 0.0673. The Kier molecular flexibility index (Phi) is 5.28. The Labute approximate surface area is 167 Å². The molecule has 1 amide bonds. The molecule has 1 aromatic heterocycles. The van der Waals surface area contributed by atoms with E-state index >= 15 is 0 Å². The highest BCUT2D eigenvalue weighted by Crippen LogP contribution is 2.40. The van der Waals surface area contributed by atoms with E-state index in [0.717, 1.165) is 51.3 Å². The van der Waals surface area contributed by atoms with Crippen molar-refractivity contribution < 1.29 is 9.32 Å².